The van der Waals surface area contributed by atoms with E-state index in [-0.39, 0.29) is 0 Å². The number of nitrogen functional groups attached to an aromatic ring is 1. The Balaban J connectivity index is 2.31. The Labute approximate surface area is 107 Å². The number of rotatable bonds is 3. The molecule has 0 spiro atoms. The summed E-state index contributed by atoms with van der Waals surface area (Å²) in [6, 6.07) is 9.57. The van der Waals surface area contributed by atoms with Gasteiger partial charge in [0.2, 0.25) is 0 Å². The van der Waals surface area contributed by atoms with Gasteiger partial charge in [-0.25, -0.2) is 4.98 Å². The summed E-state index contributed by atoms with van der Waals surface area (Å²) in [7, 11) is 1.65. The van der Waals surface area contributed by atoms with Crippen LogP contribution in [0.1, 0.15) is 11.3 Å². The van der Waals surface area contributed by atoms with Gasteiger partial charge in [0.1, 0.15) is 5.75 Å². The molecule has 18 heavy (non-hydrogen) atoms. The normalized spacial score (nSPS) is 10.2. The highest BCUT2D eigenvalue weighted by molar-refractivity contribution is 5.70. The maximum absolute atomic E-state index is 5.89. The van der Waals surface area contributed by atoms with E-state index < -0.39 is 0 Å². The van der Waals surface area contributed by atoms with Gasteiger partial charge in [0.05, 0.1) is 12.8 Å². The van der Waals surface area contributed by atoms with Crippen LogP contribution in [0, 0.1) is 13.8 Å². The van der Waals surface area contributed by atoms with Crippen LogP contribution in [0.4, 0.5) is 17.2 Å². The summed E-state index contributed by atoms with van der Waals surface area (Å²) in [5, 5.41) is 3.24. The van der Waals surface area contributed by atoms with Gasteiger partial charge in [-0.15, -0.1) is 0 Å². The molecule has 0 fully saturated rings. The molecule has 4 heteroatoms. The second-order valence-electron chi connectivity index (χ2n) is 4.20. The maximum atomic E-state index is 5.89. The Morgan fingerprint density at radius 2 is 1.94 bits per heavy atom. The summed E-state index contributed by atoms with van der Waals surface area (Å²) in [4.78, 5) is 4.38. The van der Waals surface area contributed by atoms with Crippen LogP contribution in [0.3, 0.4) is 0 Å². The summed E-state index contributed by atoms with van der Waals surface area (Å²) < 4.78 is 5.17. The van der Waals surface area contributed by atoms with Crippen LogP contribution in [0.2, 0.25) is 0 Å². The third kappa shape index (κ3) is 2.53. The third-order valence-electron chi connectivity index (χ3n) is 2.75. The molecule has 2 aromatic rings. The fourth-order valence-electron chi connectivity index (χ4n) is 1.70. The molecule has 2 rings (SSSR count). The van der Waals surface area contributed by atoms with Crippen molar-refractivity contribution >= 4 is 17.2 Å². The smallest absolute Gasteiger partial charge is 0.153 e. The van der Waals surface area contributed by atoms with Crippen LogP contribution in [-0.4, -0.2) is 12.1 Å². The fourth-order valence-corrected chi connectivity index (χ4v) is 1.70. The molecule has 1 aromatic carbocycles. The van der Waals surface area contributed by atoms with Crippen LogP contribution < -0.4 is 15.8 Å². The number of aromatic nitrogens is 1. The number of methoxy groups -OCH3 is 1. The SMILES string of the molecule is COc1ccc(Nc2nc(C)ccc2N)c(C)c1. The second-order valence-corrected chi connectivity index (χ2v) is 4.20. The van der Waals surface area contributed by atoms with E-state index in [0.717, 1.165) is 22.7 Å². The average molecular weight is 243 g/mol. The number of ether oxygens (including phenoxy) is 1. The van der Waals surface area contributed by atoms with E-state index in [4.69, 9.17) is 10.5 Å². The van der Waals surface area contributed by atoms with Crippen molar-refractivity contribution in [1.82, 2.24) is 4.98 Å². The van der Waals surface area contributed by atoms with Crippen molar-refractivity contribution in [2.24, 2.45) is 0 Å². The highest BCUT2D eigenvalue weighted by Gasteiger charge is 2.05. The van der Waals surface area contributed by atoms with Crippen molar-refractivity contribution in [3.63, 3.8) is 0 Å². The van der Waals surface area contributed by atoms with Crippen LogP contribution in [-0.2, 0) is 0 Å². The summed E-state index contributed by atoms with van der Waals surface area (Å²) in [6.45, 7) is 3.95. The number of nitrogens with zero attached hydrogens (tertiary/aromatic N) is 1. The zero-order valence-corrected chi connectivity index (χ0v) is 10.8. The molecule has 0 saturated carbocycles. The topological polar surface area (TPSA) is 60.2 Å². The number of hydrogen-bond donors (Lipinski definition) is 2. The number of pyridine rings is 1. The van der Waals surface area contributed by atoms with Crippen LogP contribution >= 0.6 is 0 Å². The predicted molar refractivity (Wildman–Crippen MR) is 74.4 cm³/mol. The van der Waals surface area contributed by atoms with Gasteiger partial charge in [0.15, 0.2) is 5.82 Å². The molecule has 4 nitrogen and oxygen atoms in total. The van der Waals surface area contributed by atoms with Crippen LogP contribution in [0.25, 0.3) is 0 Å². The zero-order chi connectivity index (χ0) is 13.1. The Morgan fingerprint density at radius 1 is 1.17 bits per heavy atom. The van der Waals surface area contributed by atoms with Crippen molar-refractivity contribution in [2.75, 3.05) is 18.2 Å². The third-order valence-corrected chi connectivity index (χ3v) is 2.75. The molecule has 0 amide bonds. The lowest BCUT2D eigenvalue weighted by Crippen LogP contribution is -2.01. The first-order valence-electron chi connectivity index (χ1n) is 5.75. The predicted octanol–water partition coefficient (Wildman–Crippen LogP) is 3.03. The highest BCUT2D eigenvalue weighted by Crippen LogP contribution is 2.26. The summed E-state index contributed by atoms with van der Waals surface area (Å²) in [6.07, 6.45) is 0. The molecule has 3 N–H and O–H groups in total. The Morgan fingerprint density at radius 3 is 2.61 bits per heavy atom. The molecule has 0 radical (unpaired) electrons. The van der Waals surface area contributed by atoms with Crippen molar-refractivity contribution in [2.45, 2.75) is 13.8 Å². The fraction of sp³-hybridized carbons (Fsp3) is 0.214. The van der Waals surface area contributed by atoms with Gasteiger partial charge in [-0.1, -0.05) is 0 Å². The zero-order valence-electron chi connectivity index (χ0n) is 10.8. The summed E-state index contributed by atoms with van der Waals surface area (Å²) in [5.41, 5.74) is 9.51. The highest BCUT2D eigenvalue weighted by atomic mass is 16.5. The van der Waals surface area contributed by atoms with E-state index in [1.54, 1.807) is 7.11 Å². The van der Waals surface area contributed by atoms with E-state index in [0.29, 0.717) is 11.5 Å². The minimum atomic E-state index is 0.635. The molecule has 0 unspecified atom stereocenters. The number of hydrogen-bond acceptors (Lipinski definition) is 4. The first-order chi connectivity index (χ1) is 8.60. The largest absolute Gasteiger partial charge is 0.497 e. The number of benzene rings is 1. The van der Waals surface area contributed by atoms with Gasteiger partial charge < -0.3 is 15.8 Å². The number of anilines is 3. The number of nitrogens with two attached hydrogens (primary N) is 1. The molecule has 0 aliphatic heterocycles. The molecule has 0 aliphatic rings. The lowest BCUT2D eigenvalue weighted by atomic mass is 10.2. The molecular weight excluding hydrogens is 226 g/mol. The number of aryl methyl sites for hydroxylation is 2. The van der Waals surface area contributed by atoms with Crippen LogP contribution in [0.15, 0.2) is 30.3 Å². The first-order valence-corrected chi connectivity index (χ1v) is 5.75. The van der Waals surface area contributed by atoms with Gasteiger partial charge in [0.25, 0.3) is 0 Å². The standard InChI is InChI=1S/C14H17N3O/c1-9-8-11(18-3)5-7-13(9)17-14-12(15)6-4-10(2)16-14/h4-8H,15H2,1-3H3,(H,16,17). The molecule has 0 saturated heterocycles. The van der Waals surface area contributed by atoms with Gasteiger partial charge in [0, 0.05) is 11.4 Å². The lowest BCUT2D eigenvalue weighted by molar-refractivity contribution is 0.414. The monoisotopic (exact) mass is 243 g/mol. The molecule has 1 heterocycles. The molecule has 0 atom stereocenters. The van der Waals surface area contributed by atoms with Crippen molar-refractivity contribution in [3.05, 3.63) is 41.6 Å². The maximum Gasteiger partial charge on any atom is 0.153 e. The van der Waals surface area contributed by atoms with E-state index in [1.807, 2.05) is 44.2 Å². The van der Waals surface area contributed by atoms with Crippen molar-refractivity contribution in [1.29, 1.82) is 0 Å². The van der Waals surface area contributed by atoms with E-state index in [9.17, 15) is 0 Å². The van der Waals surface area contributed by atoms with E-state index in [1.165, 1.54) is 0 Å². The average Bonchev–Trinajstić information content (AvgIpc) is 2.36. The Hall–Kier alpha value is -2.23. The second kappa shape index (κ2) is 4.96. The lowest BCUT2D eigenvalue weighted by Gasteiger charge is -2.12. The summed E-state index contributed by atoms with van der Waals surface area (Å²) >= 11 is 0. The van der Waals surface area contributed by atoms with Crippen molar-refractivity contribution < 1.29 is 4.74 Å². The number of nitrogens with one attached hydrogen (secondary N) is 1. The molecular formula is C14H17N3O. The minimum Gasteiger partial charge on any atom is -0.497 e. The molecule has 0 aliphatic carbocycles. The van der Waals surface area contributed by atoms with Crippen molar-refractivity contribution in [3.8, 4) is 5.75 Å². The van der Waals surface area contributed by atoms with Gasteiger partial charge in [-0.05, 0) is 49.7 Å². The molecule has 1 aromatic heterocycles. The Kier molecular flexibility index (Phi) is 3.37. The van der Waals surface area contributed by atoms with E-state index >= 15 is 0 Å². The first kappa shape index (κ1) is 12.2. The van der Waals surface area contributed by atoms with Gasteiger partial charge in [-0.3, -0.25) is 0 Å². The summed E-state index contributed by atoms with van der Waals surface area (Å²) in [5.74, 6) is 1.52. The molecule has 0 bridgehead atoms. The quantitative estimate of drug-likeness (QED) is 0.869. The van der Waals surface area contributed by atoms with E-state index in [2.05, 4.69) is 10.3 Å². The minimum absolute atomic E-state index is 0.635. The Bertz CT molecular complexity index is 567. The van der Waals surface area contributed by atoms with Gasteiger partial charge >= 0.3 is 0 Å². The van der Waals surface area contributed by atoms with Gasteiger partial charge in [-0.2, -0.15) is 0 Å². The molecule has 94 valence electrons. The van der Waals surface area contributed by atoms with Crippen LogP contribution in [0.5, 0.6) is 5.75 Å².